The van der Waals surface area contributed by atoms with Crippen LogP contribution in [0.15, 0.2) is 23.8 Å². The van der Waals surface area contributed by atoms with Gasteiger partial charge in [0.05, 0.1) is 31.5 Å². The standard InChI is InChI=1S/C20H22F2N10O10P2S2/c21-19(35)17(32-5-27-8-12(23)25-3-26-13(8)32)41-7-2-39-44(37,46)42-11-10(33)6(1-38-43(36,45)20(7,19)22)40-16(11)31-4-28-9-14(31)29-18(24)30-15(9)34/h3-7,10-11,16-17,33,35,37,46H,1-2H2,(H5-,23,24,25,26,29,30,34,36,45)/p+1/t6-,7-,10+,11?,16-,17-,19+,20+,43?,44?/m1/s1. The van der Waals surface area contributed by atoms with Gasteiger partial charge < -0.3 is 40.6 Å². The maximum atomic E-state index is 17.1. The number of nitrogens with zero attached hydrogens (tertiary/aromatic N) is 7. The number of aromatic amines is 1. The summed E-state index contributed by atoms with van der Waals surface area (Å²) in [6.45, 7) is -7.21. The highest BCUT2D eigenvalue weighted by molar-refractivity contribution is 8.47. The summed E-state index contributed by atoms with van der Waals surface area (Å²) in [6, 6.07) is 0. The van der Waals surface area contributed by atoms with E-state index in [1.165, 1.54) is 0 Å². The Bertz CT molecular complexity index is 1970. The number of hydrogen-bond acceptors (Lipinski definition) is 18. The van der Waals surface area contributed by atoms with Gasteiger partial charge in [-0.25, -0.2) is 28.7 Å². The molecule has 0 saturated carbocycles. The van der Waals surface area contributed by atoms with Gasteiger partial charge in [0.15, 0.2) is 41.2 Å². The molecule has 3 fully saturated rings. The molecule has 0 amide bonds. The van der Waals surface area contributed by atoms with E-state index in [1.54, 1.807) is 0 Å². The number of nitrogen functional groups attached to an aromatic ring is 2. The lowest BCUT2D eigenvalue weighted by Gasteiger charge is -2.37. The number of alkyl halides is 2. The normalized spacial score (nSPS) is 40.2. The molecule has 4 aromatic rings. The van der Waals surface area contributed by atoms with Crippen LogP contribution in [0.5, 0.6) is 0 Å². The van der Waals surface area contributed by atoms with Crippen LogP contribution in [-0.4, -0.2) is 108 Å². The summed E-state index contributed by atoms with van der Waals surface area (Å²) in [5.74, 6) is -4.56. The van der Waals surface area contributed by atoms with E-state index in [0.717, 1.165) is 28.1 Å². The van der Waals surface area contributed by atoms with Crippen molar-refractivity contribution in [3.05, 3.63) is 29.3 Å². The van der Waals surface area contributed by atoms with Crippen molar-refractivity contribution >= 4 is 71.8 Å². The molecule has 248 valence electrons. The summed E-state index contributed by atoms with van der Waals surface area (Å²) in [5, 5.41) is 18.3. The lowest BCUT2D eigenvalue weighted by molar-refractivity contribution is -0.194. The number of aromatic nitrogens is 8. The van der Waals surface area contributed by atoms with E-state index in [4.69, 9.17) is 46.3 Å². The molecule has 7 rings (SSSR count). The largest absolute Gasteiger partial charge is 0.476 e. The number of halogens is 2. The highest BCUT2D eigenvalue weighted by Crippen LogP contribution is 2.71. The van der Waals surface area contributed by atoms with Crippen LogP contribution in [-0.2, 0) is 34.9 Å². The first-order valence-electron chi connectivity index (χ1n) is 12.9. The predicted octanol–water partition coefficient (Wildman–Crippen LogP) is -1.06. The van der Waals surface area contributed by atoms with Crippen molar-refractivity contribution < 1.29 is 51.8 Å². The fourth-order valence-corrected chi connectivity index (χ4v) is 9.43. The van der Waals surface area contributed by atoms with Gasteiger partial charge in [-0.3, -0.25) is 18.9 Å². The zero-order valence-electron chi connectivity index (χ0n) is 22.6. The Morgan fingerprint density at radius 2 is 1.85 bits per heavy atom. The van der Waals surface area contributed by atoms with E-state index in [0.29, 0.717) is 0 Å². The molecule has 3 unspecified atom stereocenters. The molecule has 0 spiro atoms. The average molecular weight is 728 g/mol. The zero-order valence-corrected chi connectivity index (χ0v) is 26.1. The number of H-pyrrole nitrogens is 1. The van der Waals surface area contributed by atoms with Gasteiger partial charge in [0.25, 0.3) is 16.8 Å². The Morgan fingerprint density at radius 3 is 2.61 bits per heavy atom. The monoisotopic (exact) mass is 727 g/mol. The van der Waals surface area contributed by atoms with E-state index in [1.807, 2.05) is 0 Å². The van der Waals surface area contributed by atoms with Crippen molar-refractivity contribution in [3.63, 3.8) is 0 Å². The third kappa shape index (κ3) is 4.67. The number of aliphatic hydroxyl groups excluding tert-OH is 1. The molecule has 20 nitrogen and oxygen atoms in total. The molecule has 7 heterocycles. The first-order valence-corrected chi connectivity index (χ1v) is 18.4. The average Bonchev–Trinajstić information content (AvgIpc) is 3.71. The van der Waals surface area contributed by atoms with Gasteiger partial charge in [-0.05, 0) is 11.8 Å². The number of hydrogen-bond donors (Lipinski definition) is 8. The maximum absolute atomic E-state index is 17.1. The lowest BCUT2D eigenvalue weighted by Crippen LogP contribution is -2.53. The molecule has 46 heavy (non-hydrogen) atoms. The SMILES string of the molecule is Nc1nc2c(ncn2[C@@H]2O[C@@H]3COP(O)(=S)[C@@]4(F)[C@@H](CO[P+](O)(S)OC2[C@H]3O)O[C@@H](n2cnc3c(N)ncnc32)[C@@]4(O)F)c(=O)[nH]1. The maximum Gasteiger partial charge on any atom is 0.476 e. The van der Waals surface area contributed by atoms with Crippen molar-refractivity contribution in [1.29, 1.82) is 0 Å². The number of aliphatic hydroxyl groups is 2. The van der Waals surface area contributed by atoms with Crippen molar-refractivity contribution in [2.75, 3.05) is 24.7 Å². The Hall–Kier alpha value is -2.57. The molecule has 0 radical (unpaired) electrons. The molecule has 10 atom stereocenters. The van der Waals surface area contributed by atoms with Crippen LogP contribution in [0.25, 0.3) is 22.3 Å². The van der Waals surface area contributed by atoms with Crippen molar-refractivity contribution in [2.24, 2.45) is 0 Å². The second-order valence-corrected chi connectivity index (χ2v) is 16.8. The number of rotatable bonds is 2. The first kappa shape index (κ1) is 32.0. The summed E-state index contributed by atoms with van der Waals surface area (Å²) in [5.41, 5.74) is 10.3. The minimum Gasteiger partial charge on any atom is -0.387 e. The molecule has 4 aromatic heterocycles. The molecular weight excluding hydrogens is 704 g/mol. The van der Waals surface area contributed by atoms with Crippen LogP contribution in [0, 0.1) is 0 Å². The summed E-state index contributed by atoms with van der Waals surface area (Å²) < 4.78 is 63.3. The van der Waals surface area contributed by atoms with Gasteiger partial charge in [0.2, 0.25) is 12.4 Å². The van der Waals surface area contributed by atoms with Gasteiger partial charge >= 0.3 is 7.15 Å². The van der Waals surface area contributed by atoms with Crippen LogP contribution in [0.4, 0.5) is 20.5 Å². The summed E-state index contributed by atoms with van der Waals surface area (Å²) in [4.78, 5) is 56.6. The van der Waals surface area contributed by atoms with Crippen molar-refractivity contribution in [1.82, 2.24) is 39.0 Å². The van der Waals surface area contributed by atoms with E-state index < -0.39 is 80.5 Å². The van der Waals surface area contributed by atoms with E-state index >= 15 is 8.78 Å². The van der Waals surface area contributed by atoms with E-state index in [2.05, 4.69) is 42.2 Å². The van der Waals surface area contributed by atoms with Gasteiger partial charge in [-0.15, -0.1) is 0 Å². The van der Waals surface area contributed by atoms with Gasteiger partial charge in [0, 0.05) is 0 Å². The fraction of sp³-hybridized carbons (Fsp3) is 0.500. The Labute approximate surface area is 264 Å². The first-order chi connectivity index (χ1) is 21.6. The molecule has 3 aliphatic heterocycles. The Morgan fingerprint density at radius 1 is 1.13 bits per heavy atom. The number of ether oxygens (including phenoxy) is 2. The highest BCUT2D eigenvalue weighted by Gasteiger charge is 2.77. The molecule has 3 saturated heterocycles. The lowest BCUT2D eigenvalue weighted by atomic mass is 10.1. The quantitative estimate of drug-likeness (QED) is 0.0902. The van der Waals surface area contributed by atoms with Crippen LogP contribution < -0.4 is 17.0 Å². The third-order valence-corrected chi connectivity index (χ3v) is 12.4. The number of anilines is 2. The molecule has 26 heteroatoms. The summed E-state index contributed by atoms with van der Waals surface area (Å²) in [6.07, 6.45) is -7.73. The number of thiol groups is 1. The number of imidazole rings is 2. The topological polar surface area (TPSA) is 286 Å². The minimum atomic E-state index is -5.19. The van der Waals surface area contributed by atoms with Crippen LogP contribution in [0.3, 0.4) is 0 Å². The third-order valence-electron chi connectivity index (χ3n) is 7.69. The second kappa shape index (κ2) is 10.7. The molecule has 9 N–H and O–H groups in total. The van der Waals surface area contributed by atoms with E-state index in [9.17, 15) is 24.8 Å². The molecule has 0 aliphatic carbocycles. The smallest absolute Gasteiger partial charge is 0.387 e. The number of fused-ring (bicyclic) bond motifs is 5. The highest BCUT2D eigenvalue weighted by atomic mass is 32.7. The minimum absolute atomic E-state index is 0.0365. The van der Waals surface area contributed by atoms with Crippen molar-refractivity contribution in [2.45, 2.75) is 48.1 Å². The number of nitrogens with one attached hydrogen (secondary N) is 1. The number of nitrogens with two attached hydrogens (primary N) is 2. The van der Waals surface area contributed by atoms with Crippen molar-refractivity contribution in [3.8, 4) is 0 Å². The zero-order chi connectivity index (χ0) is 33.0. The second-order valence-electron chi connectivity index (χ2n) is 10.4. The fourth-order valence-electron chi connectivity index (χ4n) is 5.50. The molecule has 3 aliphatic rings. The van der Waals surface area contributed by atoms with Crippen LogP contribution in [0.2, 0.25) is 0 Å². The molecule has 0 aromatic carbocycles. The summed E-state index contributed by atoms with van der Waals surface area (Å²) in [7, 11) is -4.42. The Kier molecular flexibility index (Phi) is 7.46. The van der Waals surface area contributed by atoms with Crippen LogP contribution in [0.1, 0.15) is 12.5 Å². The van der Waals surface area contributed by atoms with Gasteiger partial charge in [-0.2, -0.15) is 18.9 Å². The van der Waals surface area contributed by atoms with Gasteiger partial charge in [0.1, 0.15) is 36.8 Å². The predicted molar refractivity (Wildman–Crippen MR) is 157 cm³/mol. The Balaban J connectivity index is 1.27. The van der Waals surface area contributed by atoms with Gasteiger partial charge in [-0.1, -0.05) is 0 Å². The molecule has 2 bridgehead atoms. The van der Waals surface area contributed by atoms with Crippen LogP contribution >= 0.6 is 25.9 Å². The molecular formula is C20H23F2N10O10P2S2+. The summed E-state index contributed by atoms with van der Waals surface area (Å²) >= 11 is 9.11. The van der Waals surface area contributed by atoms with E-state index in [-0.39, 0.29) is 34.1 Å².